The first-order chi connectivity index (χ1) is 9.99. The standard InChI is InChI=1S/C15H24N6/c1-11(8-12(2)16)14-9-19-21(15(14)17)10-13(3)20-6-4-18-5-7-20/h8-10,18H,1,4-7,16-17H2,2-3H3/b12-8+,13-10+. The molecule has 6 nitrogen and oxygen atoms in total. The monoisotopic (exact) mass is 288 g/mol. The average molecular weight is 288 g/mol. The molecule has 0 radical (unpaired) electrons. The molecule has 0 amide bonds. The molecule has 1 aliphatic rings. The van der Waals surface area contributed by atoms with Gasteiger partial charge in [-0.15, -0.1) is 0 Å². The van der Waals surface area contributed by atoms with E-state index in [4.69, 9.17) is 11.5 Å². The van der Waals surface area contributed by atoms with E-state index in [-0.39, 0.29) is 0 Å². The van der Waals surface area contributed by atoms with Gasteiger partial charge >= 0.3 is 0 Å². The first-order valence-electron chi connectivity index (χ1n) is 7.09. The van der Waals surface area contributed by atoms with Gasteiger partial charge in [-0.05, 0) is 25.5 Å². The van der Waals surface area contributed by atoms with Crippen LogP contribution >= 0.6 is 0 Å². The summed E-state index contributed by atoms with van der Waals surface area (Å²) in [6.45, 7) is 11.9. The highest BCUT2D eigenvalue weighted by Crippen LogP contribution is 2.22. The van der Waals surface area contributed by atoms with Crippen LogP contribution in [0.15, 0.2) is 30.2 Å². The van der Waals surface area contributed by atoms with Gasteiger partial charge in [0.15, 0.2) is 0 Å². The second kappa shape index (κ2) is 6.49. The van der Waals surface area contributed by atoms with Crippen LogP contribution in [-0.2, 0) is 0 Å². The Balaban J connectivity index is 2.19. The number of nitrogens with one attached hydrogen (secondary N) is 1. The van der Waals surface area contributed by atoms with E-state index in [1.165, 1.54) is 0 Å². The Kier molecular flexibility index (Phi) is 4.70. The van der Waals surface area contributed by atoms with E-state index in [2.05, 4.69) is 28.8 Å². The highest BCUT2D eigenvalue weighted by molar-refractivity contribution is 5.79. The van der Waals surface area contributed by atoms with Gasteiger partial charge in [0.1, 0.15) is 5.82 Å². The maximum atomic E-state index is 6.15. The Labute approximate surface area is 125 Å². The molecule has 1 fully saturated rings. The minimum Gasteiger partial charge on any atom is -0.402 e. The van der Waals surface area contributed by atoms with Gasteiger partial charge in [0.05, 0.1) is 6.20 Å². The van der Waals surface area contributed by atoms with Crippen molar-refractivity contribution in [2.75, 3.05) is 31.9 Å². The molecule has 0 bridgehead atoms. The SMILES string of the molecule is C=C(/C=C(\C)N)c1cnn(/C=C(\C)N2CCNCC2)c1N. The molecule has 0 aromatic carbocycles. The first kappa shape index (κ1) is 15.2. The van der Waals surface area contributed by atoms with Crippen LogP contribution in [0.5, 0.6) is 0 Å². The molecule has 1 aliphatic heterocycles. The molecular weight excluding hydrogens is 264 g/mol. The van der Waals surface area contributed by atoms with Gasteiger partial charge in [-0.1, -0.05) is 6.58 Å². The van der Waals surface area contributed by atoms with E-state index in [1.54, 1.807) is 17.0 Å². The van der Waals surface area contributed by atoms with Crippen molar-refractivity contribution in [1.82, 2.24) is 20.0 Å². The summed E-state index contributed by atoms with van der Waals surface area (Å²) in [4.78, 5) is 2.32. The summed E-state index contributed by atoms with van der Waals surface area (Å²) < 4.78 is 1.69. The predicted octanol–water partition coefficient (Wildman–Crippen LogP) is 1.06. The lowest BCUT2D eigenvalue weighted by Gasteiger charge is -2.29. The van der Waals surface area contributed by atoms with Crippen molar-refractivity contribution in [3.05, 3.63) is 35.8 Å². The molecule has 114 valence electrons. The summed E-state index contributed by atoms with van der Waals surface area (Å²) in [6, 6.07) is 0. The van der Waals surface area contributed by atoms with E-state index in [9.17, 15) is 0 Å². The molecular formula is C15H24N6. The summed E-state index contributed by atoms with van der Waals surface area (Å²) >= 11 is 0. The number of piperazine rings is 1. The van der Waals surface area contributed by atoms with Gasteiger partial charge in [0, 0.05) is 49.3 Å². The van der Waals surface area contributed by atoms with Gasteiger partial charge in [0.2, 0.25) is 0 Å². The van der Waals surface area contributed by atoms with Crippen molar-refractivity contribution in [2.45, 2.75) is 13.8 Å². The molecule has 0 saturated carbocycles. The van der Waals surface area contributed by atoms with E-state index in [0.717, 1.165) is 43.0 Å². The van der Waals surface area contributed by atoms with Gasteiger partial charge in [-0.2, -0.15) is 5.10 Å². The molecule has 1 saturated heterocycles. The fourth-order valence-corrected chi connectivity index (χ4v) is 2.35. The number of aromatic nitrogens is 2. The molecule has 0 unspecified atom stereocenters. The van der Waals surface area contributed by atoms with E-state index in [0.29, 0.717) is 11.5 Å². The third-order valence-electron chi connectivity index (χ3n) is 3.51. The highest BCUT2D eigenvalue weighted by atomic mass is 15.3. The van der Waals surface area contributed by atoms with Gasteiger partial charge < -0.3 is 21.7 Å². The lowest BCUT2D eigenvalue weighted by atomic mass is 10.1. The largest absolute Gasteiger partial charge is 0.402 e. The van der Waals surface area contributed by atoms with Crippen LogP contribution in [-0.4, -0.2) is 40.9 Å². The third-order valence-corrected chi connectivity index (χ3v) is 3.51. The van der Waals surface area contributed by atoms with E-state index in [1.807, 2.05) is 13.1 Å². The van der Waals surface area contributed by atoms with Gasteiger partial charge in [-0.3, -0.25) is 0 Å². The van der Waals surface area contributed by atoms with Crippen LogP contribution in [0.3, 0.4) is 0 Å². The number of anilines is 1. The van der Waals surface area contributed by atoms with Crippen LogP contribution in [0.2, 0.25) is 0 Å². The smallest absolute Gasteiger partial charge is 0.134 e. The Morgan fingerprint density at radius 2 is 2.05 bits per heavy atom. The fourth-order valence-electron chi connectivity index (χ4n) is 2.35. The Morgan fingerprint density at radius 1 is 1.38 bits per heavy atom. The minimum atomic E-state index is 0.576. The number of nitrogens with two attached hydrogens (primary N) is 2. The zero-order valence-corrected chi connectivity index (χ0v) is 12.8. The molecule has 6 heteroatoms. The predicted molar refractivity (Wildman–Crippen MR) is 88.0 cm³/mol. The van der Waals surface area contributed by atoms with Crippen molar-refractivity contribution < 1.29 is 0 Å². The second-order valence-electron chi connectivity index (χ2n) is 5.31. The van der Waals surface area contributed by atoms with Crippen LogP contribution in [0.1, 0.15) is 19.4 Å². The van der Waals surface area contributed by atoms with Crippen LogP contribution in [0.4, 0.5) is 5.82 Å². The van der Waals surface area contributed by atoms with Crippen LogP contribution in [0.25, 0.3) is 11.8 Å². The molecule has 2 rings (SSSR count). The number of hydrogen-bond donors (Lipinski definition) is 3. The molecule has 5 N–H and O–H groups in total. The Bertz CT molecular complexity index is 571. The Hall–Kier alpha value is -2.21. The first-order valence-corrected chi connectivity index (χ1v) is 7.09. The fraction of sp³-hybridized carbons (Fsp3) is 0.400. The van der Waals surface area contributed by atoms with Crippen molar-refractivity contribution in [3.8, 4) is 0 Å². The van der Waals surface area contributed by atoms with E-state index < -0.39 is 0 Å². The van der Waals surface area contributed by atoms with Crippen LogP contribution < -0.4 is 16.8 Å². The van der Waals surface area contributed by atoms with Crippen LogP contribution in [0, 0.1) is 0 Å². The minimum absolute atomic E-state index is 0.576. The molecule has 1 aromatic heterocycles. The highest BCUT2D eigenvalue weighted by Gasteiger charge is 2.12. The molecule has 0 spiro atoms. The van der Waals surface area contributed by atoms with E-state index >= 15 is 0 Å². The molecule has 0 atom stereocenters. The molecule has 21 heavy (non-hydrogen) atoms. The maximum absolute atomic E-state index is 6.15. The summed E-state index contributed by atoms with van der Waals surface area (Å²) in [6.07, 6.45) is 5.47. The summed E-state index contributed by atoms with van der Waals surface area (Å²) in [5.41, 5.74) is 15.2. The summed E-state index contributed by atoms with van der Waals surface area (Å²) in [5.74, 6) is 0.576. The van der Waals surface area contributed by atoms with Crippen molar-refractivity contribution >= 4 is 17.6 Å². The lowest BCUT2D eigenvalue weighted by molar-refractivity contribution is 0.301. The number of allylic oxidation sites excluding steroid dienone is 4. The summed E-state index contributed by atoms with van der Waals surface area (Å²) in [7, 11) is 0. The number of hydrogen-bond acceptors (Lipinski definition) is 5. The van der Waals surface area contributed by atoms with Crippen molar-refractivity contribution in [3.63, 3.8) is 0 Å². The zero-order chi connectivity index (χ0) is 15.4. The quantitative estimate of drug-likeness (QED) is 0.722. The van der Waals surface area contributed by atoms with Crippen molar-refractivity contribution in [1.29, 1.82) is 0 Å². The topological polar surface area (TPSA) is 85.1 Å². The summed E-state index contributed by atoms with van der Waals surface area (Å²) in [5, 5.41) is 7.66. The Morgan fingerprint density at radius 3 is 2.67 bits per heavy atom. The molecule has 2 heterocycles. The number of rotatable bonds is 4. The third kappa shape index (κ3) is 3.66. The maximum Gasteiger partial charge on any atom is 0.134 e. The normalized spacial score (nSPS) is 17.1. The lowest BCUT2D eigenvalue weighted by Crippen LogP contribution is -2.42. The zero-order valence-electron chi connectivity index (χ0n) is 12.8. The number of nitrogens with zero attached hydrogens (tertiary/aromatic N) is 3. The second-order valence-corrected chi connectivity index (χ2v) is 5.31. The molecule has 1 aromatic rings. The van der Waals surface area contributed by atoms with Gasteiger partial charge in [0.25, 0.3) is 0 Å². The van der Waals surface area contributed by atoms with Crippen molar-refractivity contribution in [2.24, 2.45) is 5.73 Å². The van der Waals surface area contributed by atoms with Gasteiger partial charge in [-0.25, -0.2) is 4.68 Å². The number of nitrogen functional groups attached to an aromatic ring is 1. The average Bonchev–Trinajstić information content (AvgIpc) is 2.80. The molecule has 0 aliphatic carbocycles.